The van der Waals surface area contributed by atoms with Crippen LogP contribution in [-0.2, 0) is 6.54 Å². The van der Waals surface area contributed by atoms with E-state index in [1.165, 1.54) is 30.3 Å². The van der Waals surface area contributed by atoms with Crippen molar-refractivity contribution in [1.29, 1.82) is 0 Å². The number of carbonyl (C=O) groups is 1. The Bertz CT molecular complexity index is 1050. The van der Waals surface area contributed by atoms with Gasteiger partial charge in [0.05, 0.1) is 12.1 Å². The molecule has 1 aromatic carbocycles. The summed E-state index contributed by atoms with van der Waals surface area (Å²) in [7, 11) is 0. The fourth-order valence-electron chi connectivity index (χ4n) is 3.90. The van der Waals surface area contributed by atoms with E-state index in [-0.39, 0.29) is 18.3 Å². The molecule has 0 spiro atoms. The third-order valence-electron chi connectivity index (χ3n) is 5.65. The molecule has 160 valence electrons. The third kappa shape index (κ3) is 4.62. The monoisotopic (exact) mass is 413 g/mol. The molecule has 1 aliphatic heterocycles. The predicted octanol–water partition coefficient (Wildman–Crippen LogP) is 2.41. The van der Waals surface area contributed by atoms with E-state index in [9.17, 15) is 9.59 Å². The summed E-state index contributed by atoms with van der Waals surface area (Å²) in [5, 5.41) is 6.68. The van der Waals surface area contributed by atoms with Gasteiger partial charge in [0, 0.05) is 12.6 Å². The smallest absolute Gasteiger partial charge is 0.408 e. The number of hydrogen-bond acceptors (Lipinski definition) is 7. The van der Waals surface area contributed by atoms with Gasteiger partial charge in [0.2, 0.25) is 0 Å². The Kier molecular flexibility index (Phi) is 6.27. The van der Waals surface area contributed by atoms with Gasteiger partial charge >= 0.3 is 17.6 Å². The first-order valence-corrected chi connectivity index (χ1v) is 10.5. The molecule has 0 aliphatic carbocycles. The number of amides is 1. The topological polar surface area (TPSA) is 106 Å². The number of para-hydroxylation sites is 2. The highest BCUT2D eigenvalue weighted by molar-refractivity contribution is 5.89. The fourth-order valence-corrected chi connectivity index (χ4v) is 3.90. The van der Waals surface area contributed by atoms with Crippen LogP contribution in [0.4, 0.5) is 0 Å². The van der Waals surface area contributed by atoms with Crippen LogP contribution in [0.2, 0.25) is 0 Å². The maximum absolute atomic E-state index is 12.3. The van der Waals surface area contributed by atoms with Crippen molar-refractivity contribution in [2.75, 3.05) is 19.6 Å². The summed E-state index contributed by atoms with van der Waals surface area (Å²) in [6.07, 6.45) is 5.97. The molecule has 1 aliphatic rings. The molecule has 0 bridgehead atoms. The number of carbonyl (C=O) groups excluding carboxylic acids is 1. The molecular weight excluding hydrogens is 386 g/mol. The Morgan fingerprint density at radius 3 is 2.77 bits per heavy atom. The van der Waals surface area contributed by atoms with E-state index < -0.39 is 11.7 Å². The molecule has 30 heavy (non-hydrogen) atoms. The highest BCUT2D eigenvalue weighted by Crippen LogP contribution is 2.14. The molecule has 9 nitrogen and oxygen atoms in total. The van der Waals surface area contributed by atoms with Crippen LogP contribution >= 0.6 is 0 Å². The molecule has 3 aromatic rings. The minimum absolute atomic E-state index is 0.0681. The lowest BCUT2D eigenvalue weighted by Gasteiger charge is -2.27. The number of likely N-dealkylation sites (tertiary alicyclic amines) is 1. The molecule has 0 saturated carbocycles. The first-order valence-electron chi connectivity index (χ1n) is 10.5. The minimum Gasteiger partial charge on any atom is -0.408 e. The highest BCUT2D eigenvalue weighted by Gasteiger charge is 2.19. The second-order valence-corrected chi connectivity index (χ2v) is 7.78. The second-order valence-electron chi connectivity index (χ2n) is 7.78. The van der Waals surface area contributed by atoms with Crippen molar-refractivity contribution in [3.05, 3.63) is 46.5 Å². The zero-order valence-electron chi connectivity index (χ0n) is 17.2. The normalized spacial score (nSPS) is 16.4. The van der Waals surface area contributed by atoms with E-state index in [0.717, 1.165) is 19.5 Å². The standard InChI is InChI=1S/C21H27N5O4/c1-15(25-12-6-2-3-7-13-25)10-11-22-19(27)20-23-18(24-30-20)14-26-16-8-4-5-9-17(16)29-21(26)28/h4-5,8-9,15H,2-3,6-7,10-14H2,1H3,(H,22,27). The van der Waals surface area contributed by atoms with Crippen LogP contribution in [0.25, 0.3) is 11.1 Å². The molecule has 3 heterocycles. The number of hydrogen-bond donors (Lipinski definition) is 1. The molecular formula is C21H27N5O4. The summed E-state index contributed by atoms with van der Waals surface area (Å²) in [4.78, 5) is 31.0. The maximum Gasteiger partial charge on any atom is 0.420 e. The number of nitrogens with zero attached hydrogens (tertiary/aromatic N) is 4. The molecule has 2 aromatic heterocycles. The van der Waals surface area contributed by atoms with Gasteiger partial charge in [-0.1, -0.05) is 30.1 Å². The summed E-state index contributed by atoms with van der Waals surface area (Å²) >= 11 is 0. The summed E-state index contributed by atoms with van der Waals surface area (Å²) in [6.45, 7) is 5.07. The van der Waals surface area contributed by atoms with Gasteiger partial charge in [0.15, 0.2) is 11.4 Å². The first kappa shape index (κ1) is 20.3. The van der Waals surface area contributed by atoms with Crippen LogP contribution in [0.1, 0.15) is 55.5 Å². The molecule has 4 rings (SSSR count). The molecule has 1 atom stereocenters. The van der Waals surface area contributed by atoms with Crippen molar-refractivity contribution in [2.45, 2.75) is 51.6 Å². The Balaban J connectivity index is 1.31. The first-order chi connectivity index (χ1) is 14.6. The maximum atomic E-state index is 12.3. The van der Waals surface area contributed by atoms with E-state index in [0.29, 0.717) is 23.7 Å². The number of nitrogens with one attached hydrogen (secondary N) is 1. The average Bonchev–Trinajstić information content (AvgIpc) is 3.22. The van der Waals surface area contributed by atoms with Crippen LogP contribution in [0.3, 0.4) is 0 Å². The largest absolute Gasteiger partial charge is 0.420 e. The molecule has 1 fully saturated rings. The number of aromatic nitrogens is 3. The summed E-state index contributed by atoms with van der Waals surface area (Å²) in [5.41, 5.74) is 1.13. The lowest BCUT2D eigenvalue weighted by molar-refractivity contribution is 0.0904. The molecule has 9 heteroatoms. The third-order valence-corrected chi connectivity index (χ3v) is 5.65. The Labute approximate surface area is 174 Å². The molecule has 1 saturated heterocycles. The van der Waals surface area contributed by atoms with Gasteiger partial charge in [-0.05, 0) is 51.4 Å². The van der Waals surface area contributed by atoms with Crippen molar-refractivity contribution < 1.29 is 13.7 Å². The van der Waals surface area contributed by atoms with Crippen molar-refractivity contribution >= 4 is 17.0 Å². The van der Waals surface area contributed by atoms with E-state index in [2.05, 4.69) is 27.3 Å². The van der Waals surface area contributed by atoms with Gasteiger partial charge in [0.25, 0.3) is 0 Å². The lowest BCUT2D eigenvalue weighted by Crippen LogP contribution is -2.37. The molecule has 1 N–H and O–H groups in total. The Morgan fingerprint density at radius 1 is 1.20 bits per heavy atom. The second kappa shape index (κ2) is 9.25. The minimum atomic E-state index is -0.505. The van der Waals surface area contributed by atoms with Crippen molar-refractivity contribution in [3.8, 4) is 0 Å². The van der Waals surface area contributed by atoms with Gasteiger partial charge < -0.3 is 19.2 Å². The molecule has 1 unspecified atom stereocenters. The lowest BCUT2D eigenvalue weighted by atomic mass is 10.2. The van der Waals surface area contributed by atoms with Gasteiger partial charge in [-0.15, -0.1) is 0 Å². The van der Waals surface area contributed by atoms with Gasteiger partial charge in [-0.3, -0.25) is 9.36 Å². The zero-order chi connectivity index (χ0) is 20.9. The fraction of sp³-hybridized carbons (Fsp3) is 0.524. The van der Waals surface area contributed by atoms with Gasteiger partial charge in [0.1, 0.15) is 0 Å². The van der Waals surface area contributed by atoms with Gasteiger partial charge in [-0.25, -0.2) is 4.79 Å². The number of oxazole rings is 1. The van der Waals surface area contributed by atoms with E-state index in [4.69, 9.17) is 8.94 Å². The summed E-state index contributed by atoms with van der Waals surface area (Å²) < 4.78 is 11.7. The number of benzene rings is 1. The van der Waals surface area contributed by atoms with Crippen LogP contribution in [-0.4, -0.2) is 51.2 Å². The molecule has 1 amide bonds. The van der Waals surface area contributed by atoms with E-state index in [1.54, 1.807) is 18.2 Å². The van der Waals surface area contributed by atoms with Crippen molar-refractivity contribution in [3.63, 3.8) is 0 Å². The Hall–Kier alpha value is -2.94. The van der Waals surface area contributed by atoms with Gasteiger partial charge in [-0.2, -0.15) is 4.98 Å². The summed E-state index contributed by atoms with van der Waals surface area (Å²) in [6, 6.07) is 7.52. The molecule has 0 radical (unpaired) electrons. The van der Waals surface area contributed by atoms with E-state index in [1.807, 2.05) is 6.07 Å². The van der Waals surface area contributed by atoms with Crippen molar-refractivity contribution in [1.82, 2.24) is 24.9 Å². The average molecular weight is 413 g/mol. The number of fused-ring (bicyclic) bond motifs is 1. The van der Waals surface area contributed by atoms with Crippen molar-refractivity contribution in [2.24, 2.45) is 0 Å². The van der Waals surface area contributed by atoms with Crippen LogP contribution in [0.5, 0.6) is 0 Å². The van der Waals surface area contributed by atoms with E-state index >= 15 is 0 Å². The van der Waals surface area contributed by atoms with Crippen LogP contribution < -0.4 is 11.1 Å². The zero-order valence-corrected chi connectivity index (χ0v) is 17.2. The Morgan fingerprint density at radius 2 is 1.97 bits per heavy atom. The predicted molar refractivity (Wildman–Crippen MR) is 110 cm³/mol. The van der Waals surface area contributed by atoms with Crippen LogP contribution in [0, 0.1) is 0 Å². The quantitative estimate of drug-likeness (QED) is 0.634. The highest BCUT2D eigenvalue weighted by atomic mass is 16.5. The number of rotatable bonds is 7. The summed E-state index contributed by atoms with van der Waals surface area (Å²) in [5.74, 6) is -0.768. The SMILES string of the molecule is CC(CCNC(=O)c1nc(Cn2c(=O)oc3ccccc32)no1)N1CCCCCC1. The van der Waals surface area contributed by atoms with Crippen LogP contribution in [0.15, 0.2) is 38.0 Å².